The highest BCUT2D eigenvalue weighted by Gasteiger charge is 2.31. The third-order valence-corrected chi connectivity index (χ3v) is 5.33. The summed E-state index contributed by atoms with van der Waals surface area (Å²) in [7, 11) is -1.28. The Balaban J connectivity index is 2.56. The van der Waals surface area contributed by atoms with Crippen molar-refractivity contribution in [1.82, 2.24) is 9.62 Å². The Morgan fingerprint density at radius 3 is 2.74 bits per heavy atom. The van der Waals surface area contributed by atoms with Crippen molar-refractivity contribution < 1.29 is 13.2 Å². The Kier molecular flexibility index (Phi) is 7.28. The van der Waals surface area contributed by atoms with E-state index in [4.69, 9.17) is 4.74 Å². The monoisotopic (exact) mass is 292 g/mol. The number of hydrogen-bond donors (Lipinski definition) is 1. The molecule has 0 radical (unpaired) electrons. The zero-order valence-corrected chi connectivity index (χ0v) is 13.2. The summed E-state index contributed by atoms with van der Waals surface area (Å²) in [5.74, 6) is 0.0984. The van der Waals surface area contributed by atoms with Crippen LogP contribution in [-0.2, 0) is 14.8 Å². The van der Waals surface area contributed by atoms with Gasteiger partial charge < -0.3 is 10.1 Å². The molecule has 0 bridgehead atoms. The molecular weight excluding hydrogens is 264 g/mol. The molecule has 0 aliphatic carbocycles. The number of nitrogens with zero attached hydrogens (tertiary/aromatic N) is 1. The fourth-order valence-electron chi connectivity index (χ4n) is 2.45. The van der Waals surface area contributed by atoms with Crippen LogP contribution in [-0.4, -0.2) is 57.4 Å². The fourth-order valence-corrected chi connectivity index (χ4v) is 4.06. The van der Waals surface area contributed by atoms with Gasteiger partial charge in [0.05, 0.1) is 18.5 Å². The quantitative estimate of drug-likeness (QED) is 0.730. The minimum Gasteiger partial charge on any atom is -0.378 e. The zero-order valence-electron chi connectivity index (χ0n) is 12.4. The molecule has 1 unspecified atom stereocenters. The van der Waals surface area contributed by atoms with Crippen molar-refractivity contribution in [3.63, 3.8) is 0 Å². The van der Waals surface area contributed by atoms with Gasteiger partial charge in [0, 0.05) is 12.6 Å². The zero-order chi connectivity index (χ0) is 14.3. The SMILES string of the molecule is CNCCC1CCCCN1S(=O)(=O)CCOC(C)C. The second kappa shape index (κ2) is 8.19. The van der Waals surface area contributed by atoms with Crippen LogP contribution in [0, 0.1) is 0 Å². The van der Waals surface area contributed by atoms with Gasteiger partial charge in [0.1, 0.15) is 0 Å². The molecule has 5 nitrogen and oxygen atoms in total. The summed E-state index contributed by atoms with van der Waals surface area (Å²) in [6.07, 6.45) is 4.05. The summed E-state index contributed by atoms with van der Waals surface area (Å²) in [4.78, 5) is 0. The van der Waals surface area contributed by atoms with Crippen LogP contribution in [0.3, 0.4) is 0 Å². The molecule has 1 fully saturated rings. The van der Waals surface area contributed by atoms with Crippen molar-refractivity contribution in [3.05, 3.63) is 0 Å². The van der Waals surface area contributed by atoms with Gasteiger partial charge in [-0.3, -0.25) is 0 Å². The van der Waals surface area contributed by atoms with Gasteiger partial charge in [0.2, 0.25) is 10.0 Å². The number of ether oxygens (including phenoxy) is 1. The lowest BCUT2D eigenvalue weighted by atomic mass is 10.0. The predicted molar refractivity (Wildman–Crippen MR) is 77.8 cm³/mol. The number of sulfonamides is 1. The first-order valence-corrected chi connectivity index (χ1v) is 8.84. The largest absolute Gasteiger partial charge is 0.378 e. The first kappa shape index (κ1) is 16.9. The van der Waals surface area contributed by atoms with Gasteiger partial charge in [-0.1, -0.05) is 6.42 Å². The van der Waals surface area contributed by atoms with E-state index in [0.717, 1.165) is 32.2 Å². The molecule has 114 valence electrons. The summed E-state index contributed by atoms with van der Waals surface area (Å²) < 4.78 is 31.8. The lowest BCUT2D eigenvalue weighted by molar-refractivity contribution is 0.0902. The van der Waals surface area contributed by atoms with Crippen LogP contribution in [0.1, 0.15) is 39.5 Å². The highest BCUT2D eigenvalue weighted by atomic mass is 32.2. The smallest absolute Gasteiger partial charge is 0.216 e. The Bertz CT molecular complexity index is 344. The molecule has 19 heavy (non-hydrogen) atoms. The summed E-state index contributed by atoms with van der Waals surface area (Å²) >= 11 is 0. The third-order valence-electron chi connectivity index (χ3n) is 3.45. The van der Waals surface area contributed by atoms with Crippen molar-refractivity contribution in [3.8, 4) is 0 Å². The number of rotatable bonds is 8. The topological polar surface area (TPSA) is 58.6 Å². The lowest BCUT2D eigenvalue weighted by Crippen LogP contribution is -2.46. The highest BCUT2D eigenvalue weighted by molar-refractivity contribution is 7.89. The number of hydrogen-bond acceptors (Lipinski definition) is 4. The Hall–Kier alpha value is -0.170. The van der Waals surface area contributed by atoms with Crippen molar-refractivity contribution in [1.29, 1.82) is 0 Å². The highest BCUT2D eigenvalue weighted by Crippen LogP contribution is 2.22. The van der Waals surface area contributed by atoms with E-state index in [0.29, 0.717) is 6.54 Å². The van der Waals surface area contributed by atoms with Crippen molar-refractivity contribution in [2.45, 2.75) is 51.7 Å². The van der Waals surface area contributed by atoms with Gasteiger partial charge in [0.15, 0.2) is 0 Å². The predicted octanol–water partition coefficient (Wildman–Crippen LogP) is 1.21. The van der Waals surface area contributed by atoms with Crippen LogP contribution < -0.4 is 5.32 Å². The van der Waals surface area contributed by atoms with Crippen LogP contribution in [0.2, 0.25) is 0 Å². The van der Waals surface area contributed by atoms with Crippen LogP contribution in [0.25, 0.3) is 0 Å². The van der Waals surface area contributed by atoms with Crippen molar-refractivity contribution >= 4 is 10.0 Å². The molecule has 0 amide bonds. The molecule has 0 aromatic heterocycles. The molecule has 1 aliphatic heterocycles. The molecule has 1 atom stereocenters. The molecule has 0 spiro atoms. The maximum absolute atomic E-state index is 12.4. The van der Waals surface area contributed by atoms with E-state index < -0.39 is 10.0 Å². The van der Waals surface area contributed by atoms with Gasteiger partial charge in [-0.25, -0.2) is 8.42 Å². The summed E-state index contributed by atoms with van der Waals surface area (Å²) in [5, 5.41) is 3.10. The second-order valence-electron chi connectivity index (χ2n) is 5.39. The molecule has 1 heterocycles. The van der Waals surface area contributed by atoms with Gasteiger partial charge in [-0.15, -0.1) is 0 Å². The summed E-state index contributed by atoms with van der Waals surface area (Å²) in [6.45, 7) is 5.65. The van der Waals surface area contributed by atoms with E-state index in [2.05, 4.69) is 5.32 Å². The standard InChI is InChI=1S/C13H28N2O3S/c1-12(2)18-10-11-19(16,17)15-9-5-4-6-13(15)7-8-14-3/h12-14H,4-11H2,1-3H3. The van der Waals surface area contributed by atoms with E-state index in [1.807, 2.05) is 20.9 Å². The summed E-state index contributed by atoms with van der Waals surface area (Å²) in [6, 6.07) is 0.158. The number of piperidine rings is 1. The van der Waals surface area contributed by atoms with Gasteiger partial charge in [-0.05, 0) is 46.7 Å². The Morgan fingerprint density at radius 1 is 1.37 bits per heavy atom. The average molecular weight is 292 g/mol. The van der Waals surface area contributed by atoms with Crippen LogP contribution >= 0.6 is 0 Å². The molecule has 1 rings (SSSR count). The van der Waals surface area contributed by atoms with Crippen molar-refractivity contribution in [2.75, 3.05) is 32.5 Å². The van der Waals surface area contributed by atoms with Gasteiger partial charge in [-0.2, -0.15) is 4.31 Å². The lowest BCUT2D eigenvalue weighted by Gasteiger charge is -2.34. The maximum atomic E-state index is 12.4. The molecule has 1 saturated heterocycles. The molecule has 1 N–H and O–H groups in total. The molecule has 1 aliphatic rings. The maximum Gasteiger partial charge on any atom is 0.216 e. The summed E-state index contributed by atoms with van der Waals surface area (Å²) in [5.41, 5.74) is 0. The van der Waals surface area contributed by atoms with Crippen LogP contribution in [0.4, 0.5) is 0 Å². The third kappa shape index (κ3) is 5.77. The van der Waals surface area contributed by atoms with Crippen LogP contribution in [0.5, 0.6) is 0 Å². The van der Waals surface area contributed by atoms with Gasteiger partial charge in [0.25, 0.3) is 0 Å². The molecule has 0 aromatic rings. The molecular formula is C13H28N2O3S. The van der Waals surface area contributed by atoms with Crippen LogP contribution in [0.15, 0.2) is 0 Å². The average Bonchev–Trinajstić information content (AvgIpc) is 2.36. The molecule has 0 aromatic carbocycles. The van der Waals surface area contributed by atoms with E-state index in [-0.39, 0.29) is 24.5 Å². The normalized spacial score (nSPS) is 22.0. The van der Waals surface area contributed by atoms with Gasteiger partial charge >= 0.3 is 0 Å². The Labute approximate surface area is 117 Å². The van der Waals surface area contributed by atoms with E-state index >= 15 is 0 Å². The fraction of sp³-hybridized carbons (Fsp3) is 1.00. The Morgan fingerprint density at radius 2 is 2.11 bits per heavy atom. The minimum absolute atomic E-state index is 0.0802. The molecule has 0 saturated carbocycles. The van der Waals surface area contributed by atoms with E-state index in [1.165, 1.54) is 0 Å². The first-order chi connectivity index (χ1) is 8.97. The second-order valence-corrected chi connectivity index (χ2v) is 7.43. The van der Waals surface area contributed by atoms with E-state index in [1.54, 1.807) is 4.31 Å². The number of nitrogens with one attached hydrogen (secondary N) is 1. The van der Waals surface area contributed by atoms with E-state index in [9.17, 15) is 8.42 Å². The first-order valence-electron chi connectivity index (χ1n) is 7.23. The minimum atomic E-state index is -3.18. The van der Waals surface area contributed by atoms with Crippen molar-refractivity contribution in [2.24, 2.45) is 0 Å². The molecule has 6 heteroatoms.